The molecule has 0 spiro atoms. The van der Waals surface area contributed by atoms with E-state index in [0.717, 1.165) is 0 Å². The number of hydrogen-bond donors (Lipinski definition) is 6. The van der Waals surface area contributed by atoms with Crippen LogP contribution in [0.3, 0.4) is 0 Å². The number of nitrogens with zero attached hydrogens (tertiary/aromatic N) is 1. The van der Waals surface area contributed by atoms with E-state index in [0.29, 0.717) is 0 Å². The van der Waals surface area contributed by atoms with Gasteiger partial charge in [-0.25, -0.2) is 4.98 Å². The zero-order valence-electron chi connectivity index (χ0n) is 9.17. The summed E-state index contributed by atoms with van der Waals surface area (Å²) in [5, 5.41) is 47.9. The van der Waals surface area contributed by atoms with Crippen LogP contribution in [0.1, 0.15) is 5.82 Å². The first-order valence-corrected chi connectivity index (χ1v) is 5.05. The zero-order valence-corrected chi connectivity index (χ0v) is 9.99. The minimum atomic E-state index is -2.30. The molecule has 1 aliphatic rings. The van der Waals surface area contributed by atoms with E-state index in [-0.39, 0.29) is 18.2 Å². The summed E-state index contributed by atoms with van der Waals surface area (Å²) in [5.41, 5.74) is 0. The molecule has 1 fully saturated rings. The molecule has 1 saturated heterocycles. The van der Waals surface area contributed by atoms with Crippen LogP contribution in [-0.2, 0) is 10.5 Å². The molecule has 8 nitrogen and oxygen atoms in total. The number of hydrogen-bond acceptors (Lipinski definition) is 7. The Kier molecular flexibility index (Phi) is 4.67. The highest BCUT2D eigenvalue weighted by molar-refractivity contribution is 5.85. The lowest BCUT2D eigenvalue weighted by molar-refractivity contribution is -0.360. The second-order valence-corrected chi connectivity index (χ2v) is 3.90. The highest BCUT2D eigenvalue weighted by Gasteiger charge is 2.55. The number of nitrogens with one attached hydrogen (secondary N) is 1. The van der Waals surface area contributed by atoms with Gasteiger partial charge in [0.25, 0.3) is 5.79 Å². The molecule has 0 saturated carbocycles. The number of aliphatic hydroxyl groups excluding tert-OH is 4. The maximum absolute atomic E-state index is 10.1. The van der Waals surface area contributed by atoms with Crippen LogP contribution in [0, 0.1) is 0 Å². The van der Waals surface area contributed by atoms with Gasteiger partial charge in [0.2, 0.25) is 0 Å². The van der Waals surface area contributed by atoms with Gasteiger partial charge in [-0.3, -0.25) is 0 Å². The van der Waals surface area contributed by atoms with Crippen molar-refractivity contribution in [1.29, 1.82) is 0 Å². The molecule has 0 aromatic carbocycles. The number of aromatic nitrogens is 2. The van der Waals surface area contributed by atoms with Crippen molar-refractivity contribution in [3.63, 3.8) is 0 Å². The van der Waals surface area contributed by atoms with E-state index in [4.69, 9.17) is 9.84 Å². The number of halogens is 1. The maximum atomic E-state index is 10.1. The standard InChI is InChI=1S/C9H14N2O6.ClH/c12-3-4-5(13)6(14)7(15)9(16,17-4)8-10-1-2-11-8;/h1-2,4-7,12-16H,3H2,(H,10,11);1H/t4-,5-,6+,7-,9-;/m1./s1. The first kappa shape index (κ1) is 15.3. The number of ether oxygens (including phenoxy) is 1. The summed E-state index contributed by atoms with van der Waals surface area (Å²) in [5.74, 6) is -2.41. The van der Waals surface area contributed by atoms with Crippen molar-refractivity contribution in [2.75, 3.05) is 6.61 Å². The summed E-state index contributed by atoms with van der Waals surface area (Å²) >= 11 is 0. The Morgan fingerprint density at radius 2 is 2.00 bits per heavy atom. The van der Waals surface area contributed by atoms with E-state index in [1.165, 1.54) is 12.4 Å². The molecule has 2 rings (SSSR count). The SMILES string of the molecule is Cl.OC[C@H]1O[C@@](O)(c2ncc[nH]2)[C@H](O)[C@@H](O)[C@@H]1O. The number of aromatic amines is 1. The predicted octanol–water partition coefficient (Wildman–Crippen LogP) is -2.55. The smallest absolute Gasteiger partial charge is 0.255 e. The lowest BCUT2D eigenvalue weighted by Gasteiger charge is -2.44. The Labute approximate surface area is 108 Å². The Morgan fingerprint density at radius 3 is 2.50 bits per heavy atom. The summed E-state index contributed by atoms with van der Waals surface area (Å²) in [4.78, 5) is 6.26. The molecule has 104 valence electrons. The number of aliphatic hydroxyl groups is 5. The predicted molar refractivity (Wildman–Crippen MR) is 59.7 cm³/mol. The highest BCUT2D eigenvalue weighted by atomic mass is 35.5. The van der Waals surface area contributed by atoms with Gasteiger partial charge in [-0.05, 0) is 0 Å². The third kappa shape index (κ3) is 2.24. The normalized spacial score (nSPS) is 40.3. The van der Waals surface area contributed by atoms with Crippen LogP contribution in [0.4, 0.5) is 0 Å². The number of H-pyrrole nitrogens is 1. The van der Waals surface area contributed by atoms with Crippen molar-refractivity contribution in [2.24, 2.45) is 0 Å². The Bertz CT molecular complexity index is 375. The topological polar surface area (TPSA) is 139 Å². The molecule has 0 bridgehead atoms. The molecule has 18 heavy (non-hydrogen) atoms. The minimum absolute atomic E-state index is 0. The molecule has 6 N–H and O–H groups in total. The van der Waals surface area contributed by atoms with E-state index in [9.17, 15) is 20.4 Å². The fraction of sp³-hybridized carbons (Fsp3) is 0.667. The Hall–Kier alpha value is -0.740. The first-order chi connectivity index (χ1) is 8.00. The van der Waals surface area contributed by atoms with E-state index >= 15 is 0 Å². The summed E-state index contributed by atoms with van der Waals surface area (Å²) in [7, 11) is 0. The zero-order chi connectivity index (χ0) is 12.6. The van der Waals surface area contributed by atoms with Crippen LogP contribution in [0.2, 0.25) is 0 Å². The average molecular weight is 283 g/mol. The molecule has 5 atom stereocenters. The van der Waals surface area contributed by atoms with Gasteiger partial charge in [-0.15, -0.1) is 12.4 Å². The molecule has 1 aromatic heterocycles. The molecule has 1 aromatic rings. The molecule has 0 amide bonds. The van der Waals surface area contributed by atoms with Crippen LogP contribution in [-0.4, -0.2) is 66.5 Å². The molecule has 0 unspecified atom stereocenters. The molecule has 0 aliphatic carbocycles. The lowest BCUT2D eigenvalue weighted by atomic mass is 9.92. The molecule has 1 aliphatic heterocycles. The van der Waals surface area contributed by atoms with Gasteiger partial charge in [0.1, 0.15) is 24.4 Å². The summed E-state index contributed by atoms with van der Waals surface area (Å²) < 4.78 is 5.01. The van der Waals surface area contributed by atoms with Gasteiger partial charge in [-0.2, -0.15) is 0 Å². The Morgan fingerprint density at radius 1 is 1.33 bits per heavy atom. The van der Waals surface area contributed by atoms with Crippen molar-refractivity contribution in [3.05, 3.63) is 18.2 Å². The molecule has 2 heterocycles. The molecular formula is C9H15ClN2O6. The van der Waals surface area contributed by atoms with Gasteiger partial charge >= 0.3 is 0 Å². The van der Waals surface area contributed by atoms with Gasteiger partial charge in [0.15, 0.2) is 5.82 Å². The number of rotatable bonds is 2. The van der Waals surface area contributed by atoms with Crippen LogP contribution in [0.25, 0.3) is 0 Å². The second-order valence-electron chi connectivity index (χ2n) is 3.90. The fourth-order valence-electron chi connectivity index (χ4n) is 1.81. The summed E-state index contributed by atoms with van der Waals surface area (Å²) in [6, 6.07) is 0. The van der Waals surface area contributed by atoms with E-state index in [1.807, 2.05) is 0 Å². The number of imidazole rings is 1. The molecule has 0 radical (unpaired) electrons. The maximum Gasteiger partial charge on any atom is 0.255 e. The van der Waals surface area contributed by atoms with Crippen LogP contribution >= 0.6 is 12.4 Å². The highest BCUT2D eigenvalue weighted by Crippen LogP contribution is 2.34. The van der Waals surface area contributed by atoms with Crippen LogP contribution < -0.4 is 0 Å². The van der Waals surface area contributed by atoms with Crippen LogP contribution in [0.15, 0.2) is 12.4 Å². The molecule has 9 heteroatoms. The van der Waals surface area contributed by atoms with Gasteiger partial charge in [-0.1, -0.05) is 0 Å². The Balaban J connectivity index is 0.00000162. The van der Waals surface area contributed by atoms with Crippen molar-refractivity contribution in [2.45, 2.75) is 30.2 Å². The third-order valence-corrected chi connectivity index (χ3v) is 2.80. The van der Waals surface area contributed by atoms with Crippen molar-refractivity contribution >= 4 is 12.4 Å². The van der Waals surface area contributed by atoms with E-state index < -0.39 is 36.8 Å². The first-order valence-electron chi connectivity index (χ1n) is 5.05. The van der Waals surface area contributed by atoms with Crippen molar-refractivity contribution < 1.29 is 30.3 Å². The summed E-state index contributed by atoms with van der Waals surface area (Å²) in [6.07, 6.45) is -3.43. The van der Waals surface area contributed by atoms with Crippen LogP contribution in [0.5, 0.6) is 0 Å². The average Bonchev–Trinajstić information content (AvgIpc) is 2.85. The van der Waals surface area contributed by atoms with E-state index in [2.05, 4.69) is 9.97 Å². The lowest BCUT2D eigenvalue weighted by Crippen LogP contribution is -2.63. The largest absolute Gasteiger partial charge is 0.394 e. The summed E-state index contributed by atoms with van der Waals surface area (Å²) in [6.45, 7) is -0.617. The fourth-order valence-corrected chi connectivity index (χ4v) is 1.81. The second kappa shape index (κ2) is 5.49. The molecular weight excluding hydrogens is 268 g/mol. The quantitative estimate of drug-likeness (QED) is 0.351. The van der Waals surface area contributed by atoms with Gasteiger partial charge < -0.3 is 35.3 Å². The van der Waals surface area contributed by atoms with Gasteiger partial charge in [0.05, 0.1) is 6.61 Å². The third-order valence-electron chi connectivity index (χ3n) is 2.80. The van der Waals surface area contributed by atoms with E-state index in [1.54, 1.807) is 0 Å². The van der Waals surface area contributed by atoms with Gasteiger partial charge in [0, 0.05) is 12.4 Å². The minimum Gasteiger partial charge on any atom is -0.394 e. The van der Waals surface area contributed by atoms with Crippen molar-refractivity contribution in [1.82, 2.24) is 9.97 Å². The van der Waals surface area contributed by atoms with Crippen molar-refractivity contribution in [3.8, 4) is 0 Å². The monoisotopic (exact) mass is 282 g/mol.